The Balaban J connectivity index is 1.81. The van der Waals surface area contributed by atoms with Crippen LogP contribution in [-0.4, -0.2) is 225 Å². The van der Waals surface area contributed by atoms with Crippen LogP contribution in [-0.2, 0) is 80.8 Å². The lowest BCUT2D eigenvalue weighted by molar-refractivity contribution is -0.414. The molecule has 0 spiro atoms. The van der Waals surface area contributed by atoms with Crippen LogP contribution in [0.4, 0.5) is 0 Å². The number of ether oxygens (including phenoxy) is 12. The lowest BCUT2D eigenvalue weighted by Gasteiger charge is -2.49. The van der Waals surface area contributed by atoms with Gasteiger partial charge in [0.15, 0.2) is 43.5 Å². The topological polar surface area (TPSA) is 378 Å². The summed E-state index contributed by atoms with van der Waals surface area (Å²) in [6, 6.07) is 0. The molecule has 424 valence electrons. The Morgan fingerprint density at radius 2 is 0.667 bits per heavy atom. The summed E-state index contributed by atoms with van der Waals surface area (Å²) in [5.74, 6) is -4.60. The van der Waals surface area contributed by atoms with Crippen LogP contribution in [0.3, 0.4) is 0 Å². The SMILES string of the molecule is CC=C(C)C(=O)OC[C@H]1O[C@H](O[C@H]2O[C@H](COC(=O)C(C)=CC)[C@@H](O)[C@H](O)[C@H]2O[C@@H]2O[C@H](CO)[C@@H](OC(=O)C(C)=CC)[C@H](OC(=O)C(C)=CC)[C@H]2O)[C@H](O[C@@H]2O[C@H](CO)[C@@H](OC(=O)C(C)=CC)[C@H](O)[C@H]2O)[C@@H](O)[C@@H]1O. The van der Waals surface area contributed by atoms with E-state index in [9.17, 15) is 69.9 Å². The van der Waals surface area contributed by atoms with Gasteiger partial charge in [0.25, 0.3) is 0 Å². The molecule has 4 aliphatic heterocycles. The summed E-state index contributed by atoms with van der Waals surface area (Å²) in [6.45, 7) is 11.3. The average molecular weight is 1080 g/mol. The second-order valence-corrected chi connectivity index (χ2v) is 18.0. The predicted octanol–water partition coefficient (Wildman–Crippen LogP) is -2.16. The van der Waals surface area contributed by atoms with Gasteiger partial charge >= 0.3 is 29.8 Å². The molecule has 4 heterocycles. The average Bonchev–Trinajstić information content (AvgIpc) is 3.40. The van der Waals surface area contributed by atoms with Crippen molar-refractivity contribution in [3.63, 3.8) is 0 Å². The van der Waals surface area contributed by atoms with E-state index in [1.807, 2.05) is 0 Å². The van der Waals surface area contributed by atoms with Crippen LogP contribution in [0.15, 0.2) is 58.2 Å². The second kappa shape index (κ2) is 28.7. The first-order valence-electron chi connectivity index (χ1n) is 24.1. The molecule has 4 aliphatic rings. The predicted molar refractivity (Wildman–Crippen MR) is 250 cm³/mol. The number of allylic oxidation sites excluding steroid dienone is 5. The maximum Gasteiger partial charge on any atom is 0.333 e. The van der Waals surface area contributed by atoms with Crippen LogP contribution in [0.25, 0.3) is 0 Å². The first-order chi connectivity index (χ1) is 35.4. The Kier molecular flexibility index (Phi) is 24.1. The largest absolute Gasteiger partial charge is 0.459 e. The van der Waals surface area contributed by atoms with E-state index in [4.69, 9.17) is 56.8 Å². The van der Waals surface area contributed by atoms with Gasteiger partial charge in [-0.3, -0.25) is 0 Å². The van der Waals surface area contributed by atoms with Crippen molar-refractivity contribution in [3.05, 3.63) is 58.2 Å². The summed E-state index contributed by atoms with van der Waals surface area (Å²) in [6.07, 6.45) is -32.3. The molecule has 0 radical (unpaired) electrons. The molecule has 0 bridgehead atoms. The standard InChI is InChI=1S/C49H72O26/c1-11-20(6)41(59)64-18-27-29(52)31(54)39(73-46-34(57)33(56)36(25(16-50)66-46)70-43(61)22(8)13-3)48(68-27)75-49-40(32(55)30(53)28(69-49)19-65-42(60)21(7)12-2)74-47-35(58)38(72-45(63)24(10)15-5)37(26(17-51)67-47)71-44(62)23(9)14-4/h11-15,25-40,46-58H,16-19H2,1-10H3/t25-,26-,27-,28-,29-,30-,31+,32+,33-,34-,35-,36-,37-,38-,39-,40-,46+,47+,48-,49-/m1/s1. The third kappa shape index (κ3) is 15.3. The molecule has 0 saturated carbocycles. The normalized spacial score (nSPS) is 37.3. The third-order valence-electron chi connectivity index (χ3n) is 13.0. The van der Waals surface area contributed by atoms with E-state index in [1.54, 1.807) is 13.8 Å². The number of aliphatic hydroxyl groups is 9. The third-order valence-corrected chi connectivity index (χ3v) is 13.0. The fraction of sp³-hybridized carbons (Fsp3) is 0.694. The minimum Gasteiger partial charge on any atom is -0.459 e. The zero-order chi connectivity index (χ0) is 56.2. The van der Waals surface area contributed by atoms with Gasteiger partial charge in [-0.15, -0.1) is 0 Å². The van der Waals surface area contributed by atoms with Crippen molar-refractivity contribution in [2.24, 2.45) is 0 Å². The maximum absolute atomic E-state index is 13.2. The molecule has 0 aliphatic carbocycles. The molecule has 20 atom stereocenters. The molecule has 0 amide bonds. The Morgan fingerprint density at radius 3 is 1.04 bits per heavy atom. The zero-order valence-corrected chi connectivity index (χ0v) is 43.2. The van der Waals surface area contributed by atoms with E-state index in [0.717, 1.165) is 0 Å². The summed E-state index contributed by atoms with van der Waals surface area (Å²) < 4.78 is 69.2. The van der Waals surface area contributed by atoms with E-state index in [0.29, 0.717) is 0 Å². The summed E-state index contributed by atoms with van der Waals surface area (Å²) >= 11 is 0. The number of hydrogen-bond acceptors (Lipinski definition) is 26. The number of carbonyl (C=O) groups excluding carboxylic acids is 5. The van der Waals surface area contributed by atoms with Crippen molar-refractivity contribution in [1.82, 2.24) is 0 Å². The van der Waals surface area contributed by atoms with Gasteiger partial charge in [-0.05, 0) is 69.2 Å². The monoisotopic (exact) mass is 1080 g/mol. The molecule has 75 heavy (non-hydrogen) atoms. The fourth-order valence-corrected chi connectivity index (χ4v) is 7.56. The van der Waals surface area contributed by atoms with Gasteiger partial charge in [-0.2, -0.15) is 0 Å². The summed E-state index contributed by atoms with van der Waals surface area (Å²) in [5, 5.41) is 102. The van der Waals surface area contributed by atoms with Gasteiger partial charge in [-0.25, -0.2) is 24.0 Å². The van der Waals surface area contributed by atoms with E-state index < -0.39 is 179 Å². The molecule has 4 saturated heterocycles. The van der Waals surface area contributed by atoms with E-state index in [-0.39, 0.29) is 27.9 Å². The molecule has 4 rings (SSSR count). The smallest absolute Gasteiger partial charge is 0.333 e. The van der Waals surface area contributed by atoms with Crippen LogP contribution in [0.1, 0.15) is 69.2 Å². The molecular weight excluding hydrogens is 1000 g/mol. The summed E-state index contributed by atoms with van der Waals surface area (Å²) in [4.78, 5) is 64.4. The molecule has 26 heteroatoms. The summed E-state index contributed by atoms with van der Waals surface area (Å²) in [7, 11) is 0. The van der Waals surface area contributed by atoms with E-state index >= 15 is 0 Å². The van der Waals surface area contributed by atoms with Crippen molar-refractivity contribution in [2.75, 3.05) is 26.4 Å². The van der Waals surface area contributed by atoms with Crippen LogP contribution in [0.2, 0.25) is 0 Å². The highest BCUT2D eigenvalue weighted by Gasteiger charge is 2.57. The highest BCUT2D eigenvalue weighted by Crippen LogP contribution is 2.37. The Labute approximate surface area is 432 Å². The first kappa shape index (κ1) is 62.9. The second-order valence-electron chi connectivity index (χ2n) is 18.0. The lowest BCUT2D eigenvalue weighted by atomic mass is 9.96. The molecule has 9 N–H and O–H groups in total. The first-order valence-corrected chi connectivity index (χ1v) is 24.1. The number of esters is 5. The van der Waals surface area contributed by atoms with Crippen LogP contribution in [0.5, 0.6) is 0 Å². The van der Waals surface area contributed by atoms with E-state index in [2.05, 4.69) is 0 Å². The highest BCUT2D eigenvalue weighted by atomic mass is 16.8. The van der Waals surface area contributed by atoms with Crippen LogP contribution < -0.4 is 0 Å². The molecule has 4 fully saturated rings. The van der Waals surface area contributed by atoms with Gasteiger partial charge in [0, 0.05) is 27.9 Å². The molecule has 0 unspecified atom stereocenters. The number of carbonyl (C=O) groups is 5. The maximum atomic E-state index is 13.2. The zero-order valence-electron chi connectivity index (χ0n) is 43.2. The van der Waals surface area contributed by atoms with Crippen molar-refractivity contribution in [2.45, 2.75) is 192 Å². The molecule has 26 nitrogen and oxygen atoms in total. The molecule has 0 aromatic heterocycles. The Hall–Kier alpha value is -4.59. The summed E-state index contributed by atoms with van der Waals surface area (Å²) in [5.41, 5.74) is 0.513. The fourth-order valence-electron chi connectivity index (χ4n) is 7.56. The Morgan fingerprint density at radius 1 is 0.360 bits per heavy atom. The molecule has 0 aromatic carbocycles. The Bertz CT molecular complexity index is 2120. The number of rotatable bonds is 20. The minimum atomic E-state index is -2.20. The van der Waals surface area contributed by atoms with Crippen molar-refractivity contribution < 1.29 is 127 Å². The molecular formula is C49H72O26. The van der Waals surface area contributed by atoms with Crippen LogP contribution >= 0.6 is 0 Å². The van der Waals surface area contributed by atoms with Gasteiger partial charge in [0.2, 0.25) is 0 Å². The van der Waals surface area contributed by atoms with Crippen molar-refractivity contribution in [1.29, 1.82) is 0 Å². The quantitative estimate of drug-likeness (QED) is 0.0356. The van der Waals surface area contributed by atoms with Crippen molar-refractivity contribution in [3.8, 4) is 0 Å². The highest BCUT2D eigenvalue weighted by molar-refractivity contribution is 5.89. The molecule has 0 aromatic rings. The number of hydrogen-bond donors (Lipinski definition) is 9. The van der Waals surface area contributed by atoms with Crippen LogP contribution in [0, 0.1) is 0 Å². The van der Waals surface area contributed by atoms with Gasteiger partial charge in [-0.1, -0.05) is 30.4 Å². The van der Waals surface area contributed by atoms with Gasteiger partial charge in [0.05, 0.1) is 13.2 Å². The van der Waals surface area contributed by atoms with Crippen molar-refractivity contribution >= 4 is 29.8 Å². The minimum absolute atomic E-state index is 0.0438. The van der Waals surface area contributed by atoms with Gasteiger partial charge < -0.3 is 103 Å². The van der Waals surface area contributed by atoms with E-state index in [1.165, 1.54) is 85.8 Å². The lowest BCUT2D eigenvalue weighted by Crippen LogP contribution is -2.68. The van der Waals surface area contributed by atoms with Gasteiger partial charge in [0.1, 0.15) is 92.6 Å². The number of aliphatic hydroxyl groups excluding tert-OH is 9.